The van der Waals surface area contributed by atoms with Gasteiger partial charge in [-0.2, -0.15) is 0 Å². The molecular weight excluding hydrogens is 426 g/mol. The van der Waals surface area contributed by atoms with E-state index in [9.17, 15) is 4.79 Å². The number of methoxy groups -OCH3 is 2. The van der Waals surface area contributed by atoms with Gasteiger partial charge in [0, 0.05) is 33.8 Å². The number of ether oxygens (including phenoxy) is 2. The van der Waals surface area contributed by atoms with Gasteiger partial charge in [-0.15, -0.1) is 0 Å². The van der Waals surface area contributed by atoms with Crippen LogP contribution in [0.5, 0.6) is 11.5 Å². The lowest BCUT2D eigenvalue weighted by Crippen LogP contribution is -2.10. The molecular formula is C29H29NO4. The van der Waals surface area contributed by atoms with Gasteiger partial charge in [-0.1, -0.05) is 24.3 Å². The van der Waals surface area contributed by atoms with E-state index >= 15 is 0 Å². The first-order chi connectivity index (χ1) is 16.3. The quantitative estimate of drug-likeness (QED) is 0.316. The minimum atomic E-state index is -0.187. The number of hydrogen-bond acceptors (Lipinski definition) is 4. The van der Waals surface area contributed by atoms with Crippen LogP contribution < -0.4 is 14.8 Å². The zero-order chi connectivity index (χ0) is 24.4. The summed E-state index contributed by atoms with van der Waals surface area (Å²) >= 11 is 0. The van der Waals surface area contributed by atoms with E-state index in [2.05, 4.69) is 5.32 Å². The van der Waals surface area contributed by atoms with Gasteiger partial charge in [-0.3, -0.25) is 4.79 Å². The molecule has 0 spiro atoms. The first-order valence-corrected chi connectivity index (χ1v) is 11.1. The summed E-state index contributed by atoms with van der Waals surface area (Å²) in [6, 6.07) is 15.8. The Morgan fingerprint density at radius 3 is 2.38 bits per heavy atom. The lowest BCUT2D eigenvalue weighted by atomic mass is 9.96. The van der Waals surface area contributed by atoms with Crippen LogP contribution in [0.3, 0.4) is 0 Å². The molecule has 0 unspecified atom stereocenters. The van der Waals surface area contributed by atoms with Gasteiger partial charge in [0.2, 0.25) is 5.91 Å². The second-order valence-corrected chi connectivity index (χ2v) is 8.40. The second-order valence-electron chi connectivity index (χ2n) is 8.40. The van der Waals surface area contributed by atoms with E-state index in [0.29, 0.717) is 5.75 Å². The molecule has 0 aliphatic heterocycles. The van der Waals surface area contributed by atoms with Crippen LogP contribution in [-0.2, 0) is 4.79 Å². The van der Waals surface area contributed by atoms with E-state index in [1.165, 1.54) is 0 Å². The highest BCUT2D eigenvalue weighted by molar-refractivity contribution is 6.06. The van der Waals surface area contributed by atoms with Crippen molar-refractivity contribution in [1.82, 2.24) is 0 Å². The molecule has 1 amide bonds. The maximum atomic E-state index is 12.8. The van der Waals surface area contributed by atoms with Crippen LogP contribution in [0, 0.1) is 20.8 Å². The van der Waals surface area contributed by atoms with Gasteiger partial charge < -0.3 is 19.2 Å². The molecule has 1 heterocycles. The number of anilines is 1. The highest BCUT2D eigenvalue weighted by Gasteiger charge is 2.19. The molecule has 5 heteroatoms. The summed E-state index contributed by atoms with van der Waals surface area (Å²) in [4.78, 5) is 12.8. The monoisotopic (exact) mass is 455 g/mol. The molecule has 1 aromatic heterocycles. The summed E-state index contributed by atoms with van der Waals surface area (Å²) in [5, 5.41) is 3.96. The molecule has 1 N–H and O–H groups in total. The Balaban J connectivity index is 1.75. The Hall–Kier alpha value is -3.99. The van der Waals surface area contributed by atoms with Crippen molar-refractivity contribution in [1.29, 1.82) is 0 Å². The molecule has 0 aliphatic carbocycles. The number of carbonyl (C=O) groups is 1. The smallest absolute Gasteiger partial charge is 0.248 e. The van der Waals surface area contributed by atoms with Crippen molar-refractivity contribution < 1.29 is 18.7 Å². The van der Waals surface area contributed by atoms with Gasteiger partial charge in [0.25, 0.3) is 0 Å². The molecule has 4 rings (SSSR count). The third-order valence-electron chi connectivity index (χ3n) is 6.28. The molecule has 0 aliphatic rings. The lowest BCUT2D eigenvalue weighted by Gasteiger charge is -2.14. The van der Waals surface area contributed by atoms with Gasteiger partial charge in [-0.25, -0.2) is 0 Å². The number of furan rings is 1. The van der Waals surface area contributed by atoms with Crippen LogP contribution in [0.4, 0.5) is 5.69 Å². The van der Waals surface area contributed by atoms with Crippen LogP contribution in [0.2, 0.25) is 0 Å². The summed E-state index contributed by atoms with van der Waals surface area (Å²) in [6.07, 6.45) is 3.37. The third kappa shape index (κ3) is 4.29. The van der Waals surface area contributed by atoms with Gasteiger partial charge in [-0.05, 0) is 74.2 Å². The fourth-order valence-electron chi connectivity index (χ4n) is 4.20. The second kappa shape index (κ2) is 9.48. The first-order valence-electron chi connectivity index (χ1n) is 11.1. The van der Waals surface area contributed by atoms with Crippen molar-refractivity contribution in [2.45, 2.75) is 27.7 Å². The maximum Gasteiger partial charge on any atom is 0.248 e. The van der Waals surface area contributed by atoms with Crippen molar-refractivity contribution in [2.24, 2.45) is 0 Å². The number of fused-ring (bicyclic) bond motifs is 1. The number of amides is 1. The predicted molar refractivity (Wildman–Crippen MR) is 138 cm³/mol. The summed E-state index contributed by atoms with van der Waals surface area (Å²) in [6.45, 7) is 7.91. The molecule has 0 saturated heterocycles. The van der Waals surface area contributed by atoms with Crippen molar-refractivity contribution in [3.63, 3.8) is 0 Å². The average molecular weight is 456 g/mol. The van der Waals surface area contributed by atoms with Gasteiger partial charge >= 0.3 is 0 Å². The van der Waals surface area contributed by atoms with E-state index in [4.69, 9.17) is 13.9 Å². The van der Waals surface area contributed by atoms with E-state index in [-0.39, 0.29) is 5.91 Å². The van der Waals surface area contributed by atoms with Crippen LogP contribution >= 0.6 is 0 Å². The number of rotatable bonds is 6. The van der Waals surface area contributed by atoms with E-state index in [1.54, 1.807) is 26.6 Å². The summed E-state index contributed by atoms with van der Waals surface area (Å²) in [5.74, 6) is 1.30. The van der Waals surface area contributed by atoms with Crippen LogP contribution in [0.1, 0.15) is 29.2 Å². The Labute approximate surface area is 200 Å². The molecule has 0 atom stereocenters. The molecule has 3 aromatic carbocycles. The molecule has 0 fully saturated rings. The summed E-state index contributed by atoms with van der Waals surface area (Å²) < 4.78 is 17.0. The Bertz CT molecular complexity index is 1390. The zero-order valence-corrected chi connectivity index (χ0v) is 20.4. The molecule has 0 bridgehead atoms. The predicted octanol–water partition coefficient (Wildman–Crippen LogP) is 7.08. The number of benzene rings is 3. The summed E-state index contributed by atoms with van der Waals surface area (Å²) in [7, 11) is 3.28. The fraction of sp³-hybridized carbons (Fsp3) is 0.207. The largest absolute Gasteiger partial charge is 0.497 e. The molecule has 0 radical (unpaired) electrons. The highest BCUT2D eigenvalue weighted by atomic mass is 16.5. The topological polar surface area (TPSA) is 60.7 Å². The summed E-state index contributed by atoms with van der Waals surface area (Å²) in [5.41, 5.74) is 8.28. The lowest BCUT2D eigenvalue weighted by molar-refractivity contribution is -0.111. The molecule has 0 saturated carbocycles. The zero-order valence-electron chi connectivity index (χ0n) is 20.4. The number of carbonyl (C=O) groups excluding carboxylic acids is 1. The van der Waals surface area contributed by atoms with Gasteiger partial charge in [0.1, 0.15) is 17.1 Å². The maximum absolute atomic E-state index is 12.8. The molecule has 4 aromatic rings. The number of nitrogens with one attached hydrogen (secondary N) is 1. The minimum Gasteiger partial charge on any atom is -0.497 e. The minimum absolute atomic E-state index is 0.187. The Kier molecular flexibility index (Phi) is 6.46. The Morgan fingerprint density at radius 2 is 1.71 bits per heavy atom. The van der Waals surface area contributed by atoms with E-state index < -0.39 is 0 Å². The Morgan fingerprint density at radius 1 is 0.971 bits per heavy atom. The van der Waals surface area contributed by atoms with Crippen molar-refractivity contribution in [3.8, 4) is 22.6 Å². The van der Waals surface area contributed by atoms with Gasteiger partial charge in [0.15, 0.2) is 0 Å². The number of aryl methyl sites for hydroxylation is 2. The van der Waals surface area contributed by atoms with E-state index in [0.717, 1.165) is 61.4 Å². The third-order valence-corrected chi connectivity index (χ3v) is 6.28. The fourth-order valence-corrected chi connectivity index (χ4v) is 4.20. The van der Waals surface area contributed by atoms with Crippen molar-refractivity contribution in [2.75, 3.05) is 19.5 Å². The first kappa shape index (κ1) is 23.2. The standard InChI is InChI=1S/C29H29NO4/c1-17-8-7-9-26(19(17)3)30-27(31)14-18(2)23-15-24-25(21-10-12-22(32-5)13-11-21)16-34-29(24)20(4)28(23)33-6/h7-16H,1-6H3,(H,30,31)/b18-14+. The van der Waals surface area contributed by atoms with E-state index in [1.807, 2.05) is 76.2 Å². The molecule has 5 nitrogen and oxygen atoms in total. The van der Waals surface area contributed by atoms with Crippen molar-refractivity contribution in [3.05, 3.63) is 83.1 Å². The SMILES string of the molecule is COc1ccc(-c2coc3c(C)c(OC)c(/C(C)=C/C(=O)Nc4cccc(C)c4C)cc23)cc1. The van der Waals surface area contributed by atoms with Gasteiger partial charge in [0.05, 0.1) is 20.5 Å². The highest BCUT2D eigenvalue weighted by Crippen LogP contribution is 2.40. The normalized spacial score (nSPS) is 11.5. The van der Waals surface area contributed by atoms with Crippen LogP contribution in [0.25, 0.3) is 27.7 Å². The molecule has 174 valence electrons. The molecule has 34 heavy (non-hydrogen) atoms. The number of hydrogen-bond donors (Lipinski definition) is 1. The van der Waals surface area contributed by atoms with Crippen molar-refractivity contribution >= 4 is 28.1 Å². The average Bonchev–Trinajstić information content (AvgIpc) is 3.26. The van der Waals surface area contributed by atoms with Crippen LogP contribution in [-0.4, -0.2) is 20.1 Å². The van der Waals surface area contributed by atoms with Crippen LogP contribution in [0.15, 0.2) is 65.3 Å². The number of allylic oxidation sites excluding steroid dienone is 1.